The lowest BCUT2D eigenvalue weighted by molar-refractivity contribution is -0.157. The molecule has 1 fully saturated rings. The van der Waals surface area contributed by atoms with Crippen LogP contribution >= 0.6 is 0 Å². The van der Waals surface area contributed by atoms with Crippen molar-refractivity contribution in [1.82, 2.24) is 0 Å². The highest BCUT2D eigenvalue weighted by molar-refractivity contribution is 7.91. The summed E-state index contributed by atoms with van der Waals surface area (Å²) in [6.07, 6.45) is 0.387. The molecule has 24 heavy (non-hydrogen) atoms. The Hall–Kier alpha value is -1.17. The monoisotopic (exact) mass is 352 g/mol. The molecular weight excluding hydrogens is 324 g/mol. The lowest BCUT2D eigenvalue weighted by atomic mass is 9.89. The summed E-state index contributed by atoms with van der Waals surface area (Å²) in [5.41, 5.74) is 0.381. The van der Waals surface area contributed by atoms with Crippen LogP contribution in [0.4, 0.5) is 0 Å². The number of rotatable bonds is 6. The lowest BCUT2D eigenvalue weighted by Gasteiger charge is -2.27. The van der Waals surface area contributed by atoms with E-state index >= 15 is 0 Å². The smallest absolute Gasteiger partial charge is 0.178 e. The third-order valence-corrected chi connectivity index (χ3v) is 6.26. The Morgan fingerprint density at radius 1 is 1.21 bits per heavy atom. The van der Waals surface area contributed by atoms with E-state index in [2.05, 4.69) is 6.58 Å². The molecule has 1 aliphatic heterocycles. The molecule has 0 radical (unpaired) electrons. The largest absolute Gasteiger partial charge is 0.344 e. The highest BCUT2D eigenvalue weighted by Crippen LogP contribution is 2.40. The van der Waals surface area contributed by atoms with Gasteiger partial charge in [0.25, 0.3) is 0 Å². The van der Waals surface area contributed by atoms with Crippen molar-refractivity contribution >= 4 is 9.84 Å². The van der Waals surface area contributed by atoms with Crippen LogP contribution in [0.25, 0.3) is 0 Å². The highest BCUT2D eigenvalue weighted by Gasteiger charge is 2.47. The van der Waals surface area contributed by atoms with E-state index in [4.69, 9.17) is 9.47 Å². The molecule has 1 saturated heterocycles. The summed E-state index contributed by atoms with van der Waals surface area (Å²) in [5.74, 6) is -0.813. The van der Waals surface area contributed by atoms with Crippen LogP contribution in [-0.4, -0.2) is 31.7 Å². The summed E-state index contributed by atoms with van der Waals surface area (Å²) in [5, 5.41) is 0. The lowest BCUT2D eigenvalue weighted by Crippen LogP contribution is -2.36. The van der Waals surface area contributed by atoms with Crippen molar-refractivity contribution in [2.24, 2.45) is 5.92 Å². The summed E-state index contributed by atoms with van der Waals surface area (Å²) in [6, 6.07) is 8.55. The Morgan fingerprint density at radius 3 is 2.25 bits per heavy atom. The molecule has 5 heteroatoms. The van der Waals surface area contributed by atoms with E-state index < -0.39 is 21.2 Å². The molecule has 1 aliphatic rings. The van der Waals surface area contributed by atoms with Gasteiger partial charge in [0.15, 0.2) is 15.6 Å². The number of ether oxygens (including phenoxy) is 2. The zero-order chi connectivity index (χ0) is 18.2. The first-order chi connectivity index (χ1) is 10.9. The second-order valence-corrected chi connectivity index (χ2v) is 9.62. The molecule has 1 heterocycles. The van der Waals surface area contributed by atoms with E-state index in [1.165, 1.54) is 0 Å². The molecule has 0 N–H and O–H groups in total. The quantitative estimate of drug-likeness (QED) is 0.727. The topological polar surface area (TPSA) is 52.6 Å². The van der Waals surface area contributed by atoms with Crippen molar-refractivity contribution in [2.75, 3.05) is 5.75 Å². The number of hydrogen-bond donors (Lipinski definition) is 0. The van der Waals surface area contributed by atoms with Gasteiger partial charge in [0.05, 0.1) is 22.4 Å². The first-order valence-electron chi connectivity index (χ1n) is 8.24. The van der Waals surface area contributed by atoms with Crippen molar-refractivity contribution in [3.05, 3.63) is 42.5 Å². The Balaban J connectivity index is 2.18. The molecule has 0 amide bonds. The maximum atomic E-state index is 12.7. The Labute approximate surface area is 145 Å². The molecular formula is C19H28O4S. The van der Waals surface area contributed by atoms with E-state index in [1.54, 1.807) is 24.3 Å². The zero-order valence-corrected chi connectivity index (χ0v) is 16.0. The standard InChI is InChI=1S/C19H28O4S/c1-14(2)15(12-17-18(3,4)23-19(5,6)22-17)13-24(20,21)16-10-8-7-9-11-16/h7-11,15,17H,1,12-13H2,2-6H3/t15-,17+/m1/s1. The van der Waals surface area contributed by atoms with Gasteiger partial charge in [-0.3, -0.25) is 0 Å². The molecule has 0 unspecified atom stereocenters. The SMILES string of the molecule is C=C(C)[C@H](C[C@@H]1OC(C)(C)OC1(C)C)CS(=O)(=O)c1ccccc1. The summed E-state index contributed by atoms with van der Waals surface area (Å²) < 4.78 is 37.3. The van der Waals surface area contributed by atoms with Crippen LogP contribution < -0.4 is 0 Å². The summed E-state index contributed by atoms with van der Waals surface area (Å²) in [6.45, 7) is 13.6. The van der Waals surface area contributed by atoms with Crippen LogP contribution in [0, 0.1) is 5.92 Å². The molecule has 1 aromatic rings. The van der Waals surface area contributed by atoms with Crippen LogP contribution in [0.15, 0.2) is 47.4 Å². The molecule has 134 valence electrons. The molecule has 1 aromatic carbocycles. The fourth-order valence-corrected chi connectivity index (χ4v) is 4.91. The Kier molecular flexibility index (Phi) is 5.28. The second kappa shape index (κ2) is 6.62. The van der Waals surface area contributed by atoms with Crippen molar-refractivity contribution in [2.45, 2.75) is 63.4 Å². The Bertz CT molecular complexity index is 689. The van der Waals surface area contributed by atoms with Crippen LogP contribution in [-0.2, 0) is 19.3 Å². The van der Waals surface area contributed by atoms with E-state index in [0.29, 0.717) is 11.3 Å². The first kappa shape index (κ1) is 19.2. The minimum absolute atomic E-state index is 0.0305. The van der Waals surface area contributed by atoms with Crippen molar-refractivity contribution < 1.29 is 17.9 Å². The minimum atomic E-state index is -3.37. The highest BCUT2D eigenvalue weighted by atomic mass is 32.2. The molecule has 0 spiro atoms. The fourth-order valence-electron chi connectivity index (χ4n) is 3.20. The predicted molar refractivity (Wildman–Crippen MR) is 95.5 cm³/mol. The minimum Gasteiger partial charge on any atom is -0.344 e. The maximum Gasteiger partial charge on any atom is 0.178 e. The van der Waals surface area contributed by atoms with Gasteiger partial charge in [-0.1, -0.05) is 30.4 Å². The average molecular weight is 352 g/mol. The summed E-state index contributed by atoms with van der Waals surface area (Å²) in [7, 11) is -3.37. The zero-order valence-electron chi connectivity index (χ0n) is 15.2. The maximum absolute atomic E-state index is 12.7. The number of hydrogen-bond acceptors (Lipinski definition) is 4. The van der Waals surface area contributed by atoms with Gasteiger partial charge < -0.3 is 9.47 Å². The molecule has 4 nitrogen and oxygen atoms in total. The van der Waals surface area contributed by atoms with E-state index in [0.717, 1.165) is 5.57 Å². The number of sulfone groups is 1. The Morgan fingerprint density at radius 2 is 1.79 bits per heavy atom. The summed E-state index contributed by atoms with van der Waals surface area (Å²) in [4.78, 5) is 0.347. The van der Waals surface area contributed by atoms with E-state index in [9.17, 15) is 8.42 Å². The first-order valence-corrected chi connectivity index (χ1v) is 9.89. The van der Waals surface area contributed by atoms with Gasteiger partial charge in [0.2, 0.25) is 0 Å². The van der Waals surface area contributed by atoms with Gasteiger partial charge in [-0.2, -0.15) is 0 Å². The number of benzene rings is 1. The van der Waals surface area contributed by atoms with E-state index in [1.807, 2.05) is 40.7 Å². The van der Waals surface area contributed by atoms with Gasteiger partial charge in [0.1, 0.15) is 0 Å². The average Bonchev–Trinajstić information content (AvgIpc) is 2.66. The van der Waals surface area contributed by atoms with Crippen LogP contribution in [0.3, 0.4) is 0 Å². The van der Waals surface area contributed by atoms with Gasteiger partial charge >= 0.3 is 0 Å². The normalized spacial score (nSPS) is 23.8. The van der Waals surface area contributed by atoms with Crippen molar-refractivity contribution in [1.29, 1.82) is 0 Å². The van der Waals surface area contributed by atoms with Crippen LogP contribution in [0.5, 0.6) is 0 Å². The molecule has 0 aliphatic carbocycles. The van der Waals surface area contributed by atoms with Crippen molar-refractivity contribution in [3.63, 3.8) is 0 Å². The molecule has 2 rings (SSSR count). The van der Waals surface area contributed by atoms with Crippen LogP contribution in [0.1, 0.15) is 41.0 Å². The second-order valence-electron chi connectivity index (χ2n) is 7.59. The molecule has 0 aromatic heterocycles. The number of allylic oxidation sites excluding steroid dienone is 1. The van der Waals surface area contributed by atoms with E-state index in [-0.39, 0.29) is 17.8 Å². The summed E-state index contributed by atoms with van der Waals surface area (Å²) >= 11 is 0. The van der Waals surface area contributed by atoms with Crippen molar-refractivity contribution in [3.8, 4) is 0 Å². The van der Waals surface area contributed by atoms with Gasteiger partial charge in [-0.25, -0.2) is 8.42 Å². The molecule has 0 saturated carbocycles. The predicted octanol–water partition coefficient (Wildman–Crippen LogP) is 3.97. The third kappa shape index (κ3) is 4.47. The molecule has 0 bridgehead atoms. The van der Waals surface area contributed by atoms with Crippen LogP contribution in [0.2, 0.25) is 0 Å². The van der Waals surface area contributed by atoms with Gasteiger partial charge in [-0.05, 0) is 59.1 Å². The third-order valence-electron chi connectivity index (χ3n) is 4.43. The molecule has 2 atom stereocenters. The van der Waals surface area contributed by atoms with Gasteiger partial charge in [-0.15, -0.1) is 0 Å². The fraction of sp³-hybridized carbons (Fsp3) is 0.579. The van der Waals surface area contributed by atoms with Gasteiger partial charge in [0, 0.05) is 0 Å².